The summed E-state index contributed by atoms with van der Waals surface area (Å²) >= 11 is 0. The van der Waals surface area contributed by atoms with E-state index < -0.39 is 0 Å². The number of carbonyl (C=O) groups is 2. The van der Waals surface area contributed by atoms with Crippen molar-refractivity contribution in [2.24, 2.45) is 0 Å². The zero-order valence-electron chi connectivity index (χ0n) is 18.3. The van der Waals surface area contributed by atoms with E-state index in [0.29, 0.717) is 29.2 Å². The molecule has 9 nitrogen and oxygen atoms in total. The summed E-state index contributed by atoms with van der Waals surface area (Å²) in [5.41, 5.74) is 2.16. The van der Waals surface area contributed by atoms with Gasteiger partial charge in [0, 0.05) is 42.1 Å². The number of nitrogens with zero attached hydrogens (tertiary/aromatic N) is 3. The summed E-state index contributed by atoms with van der Waals surface area (Å²) in [5, 5.41) is 6.51. The molecule has 9 heteroatoms. The van der Waals surface area contributed by atoms with Gasteiger partial charge in [-0.05, 0) is 50.5 Å². The van der Waals surface area contributed by atoms with Gasteiger partial charge in [-0.1, -0.05) is 18.2 Å². The summed E-state index contributed by atoms with van der Waals surface area (Å²) in [7, 11) is 3.90. The van der Waals surface area contributed by atoms with Crippen molar-refractivity contribution in [1.29, 1.82) is 0 Å². The Balaban J connectivity index is 1.39. The van der Waals surface area contributed by atoms with Crippen LogP contribution in [0.2, 0.25) is 0 Å². The van der Waals surface area contributed by atoms with Crippen molar-refractivity contribution in [2.75, 3.05) is 32.5 Å². The highest BCUT2D eigenvalue weighted by Crippen LogP contribution is 2.21. The fraction of sp³-hybridized carbons (Fsp3) is 0.167. The second kappa shape index (κ2) is 9.92. The number of fused-ring (bicyclic) bond motifs is 1. The predicted molar refractivity (Wildman–Crippen MR) is 126 cm³/mol. The number of H-pyrrole nitrogens is 1. The fourth-order valence-electron chi connectivity index (χ4n) is 3.10. The predicted octanol–water partition coefficient (Wildman–Crippen LogP) is 3.29. The van der Waals surface area contributed by atoms with Crippen molar-refractivity contribution in [3.63, 3.8) is 0 Å². The number of rotatable bonds is 8. The number of hydrogen-bond donors (Lipinski definition) is 3. The maximum atomic E-state index is 12.6. The molecule has 0 atom stereocenters. The molecule has 0 saturated heterocycles. The zero-order valence-corrected chi connectivity index (χ0v) is 18.3. The lowest BCUT2D eigenvalue weighted by Gasteiger charge is -2.09. The van der Waals surface area contributed by atoms with Crippen molar-refractivity contribution in [3.05, 3.63) is 78.2 Å². The minimum Gasteiger partial charge on any atom is -0.424 e. The maximum absolute atomic E-state index is 12.6. The van der Waals surface area contributed by atoms with Gasteiger partial charge in [0.15, 0.2) is 0 Å². The van der Waals surface area contributed by atoms with Gasteiger partial charge in [-0.2, -0.15) is 0 Å². The molecular formula is C24H24N6O3. The summed E-state index contributed by atoms with van der Waals surface area (Å²) in [6.07, 6.45) is 2.82. The van der Waals surface area contributed by atoms with Gasteiger partial charge >= 0.3 is 6.01 Å². The fourth-order valence-corrected chi connectivity index (χ4v) is 3.10. The third kappa shape index (κ3) is 5.72. The molecule has 4 aromatic rings. The summed E-state index contributed by atoms with van der Waals surface area (Å²) in [6, 6.07) is 16.4. The molecule has 0 aliphatic carbocycles. The highest BCUT2D eigenvalue weighted by atomic mass is 16.5. The molecule has 0 bridgehead atoms. The van der Waals surface area contributed by atoms with E-state index in [4.69, 9.17) is 4.74 Å². The average molecular weight is 444 g/mol. The molecule has 3 N–H and O–H groups in total. The number of aromatic nitrogens is 3. The van der Waals surface area contributed by atoms with Crippen molar-refractivity contribution >= 4 is 28.4 Å². The summed E-state index contributed by atoms with van der Waals surface area (Å²) in [4.78, 5) is 38.2. The van der Waals surface area contributed by atoms with Gasteiger partial charge in [-0.25, -0.2) is 9.97 Å². The summed E-state index contributed by atoms with van der Waals surface area (Å²) < 4.78 is 5.54. The standard InChI is InChI=1S/C24H24N6O3/c1-30(2)11-10-25-23(32)21-13-16-12-18(8-9-20(16)29-21)28-22(31)17-14-26-24(27-15-17)33-19-6-4-3-5-7-19/h3-9,12-15,29H,10-11H2,1-2H3,(H,25,32)(H,28,31). The van der Waals surface area contributed by atoms with E-state index in [-0.39, 0.29) is 17.8 Å². The minimum atomic E-state index is -0.349. The SMILES string of the molecule is CN(C)CCNC(=O)c1cc2cc(NC(=O)c3cnc(Oc4ccccc4)nc3)ccc2[nH]1. The Morgan fingerprint density at radius 2 is 1.76 bits per heavy atom. The van der Waals surface area contributed by atoms with E-state index >= 15 is 0 Å². The number of para-hydroxylation sites is 1. The van der Waals surface area contributed by atoms with Crippen molar-refractivity contribution < 1.29 is 14.3 Å². The molecule has 0 radical (unpaired) electrons. The van der Waals surface area contributed by atoms with E-state index in [9.17, 15) is 9.59 Å². The second-order valence-electron chi connectivity index (χ2n) is 7.67. The van der Waals surface area contributed by atoms with Crippen molar-refractivity contribution in [3.8, 4) is 11.8 Å². The van der Waals surface area contributed by atoms with Crippen molar-refractivity contribution in [1.82, 2.24) is 25.2 Å². The molecular weight excluding hydrogens is 420 g/mol. The van der Waals surface area contributed by atoms with Gasteiger partial charge < -0.3 is 25.3 Å². The summed E-state index contributed by atoms with van der Waals surface area (Å²) in [5.74, 6) is 0.0895. The first-order chi connectivity index (χ1) is 16.0. The molecule has 0 spiro atoms. The average Bonchev–Trinajstić information content (AvgIpc) is 3.23. The number of carbonyl (C=O) groups excluding carboxylic acids is 2. The second-order valence-corrected chi connectivity index (χ2v) is 7.67. The molecule has 168 valence electrons. The van der Waals surface area contributed by atoms with Gasteiger partial charge in [0.25, 0.3) is 11.8 Å². The maximum Gasteiger partial charge on any atom is 0.321 e. The van der Waals surface area contributed by atoms with E-state index in [1.165, 1.54) is 12.4 Å². The molecule has 0 saturated carbocycles. The van der Waals surface area contributed by atoms with Gasteiger partial charge in [0.05, 0.1) is 5.56 Å². The molecule has 0 unspecified atom stereocenters. The number of likely N-dealkylation sites (N-methyl/N-ethyl adjacent to an activating group) is 1. The van der Waals surface area contributed by atoms with Crippen LogP contribution < -0.4 is 15.4 Å². The van der Waals surface area contributed by atoms with Crippen LogP contribution in [0.4, 0.5) is 5.69 Å². The molecule has 0 aliphatic heterocycles. The lowest BCUT2D eigenvalue weighted by molar-refractivity contribution is 0.0946. The van der Waals surface area contributed by atoms with Crippen LogP contribution in [0.5, 0.6) is 11.8 Å². The largest absolute Gasteiger partial charge is 0.424 e. The van der Waals surface area contributed by atoms with Gasteiger partial charge in [-0.3, -0.25) is 9.59 Å². The van der Waals surface area contributed by atoms with Gasteiger partial charge in [-0.15, -0.1) is 0 Å². The zero-order chi connectivity index (χ0) is 23.2. The van der Waals surface area contributed by atoms with Crippen molar-refractivity contribution in [2.45, 2.75) is 0 Å². The molecule has 2 amide bonds. The topological polar surface area (TPSA) is 112 Å². The first kappa shape index (κ1) is 22.0. The number of aromatic amines is 1. The first-order valence-corrected chi connectivity index (χ1v) is 10.4. The van der Waals surface area contributed by atoms with E-state index in [1.54, 1.807) is 30.3 Å². The van der Waals surface area contributed by atoms with E-state index in [1.807, 2.05) is 43.3 Å². The monoisotopic (exact) mass is 444 g/mol. The minimum absolute atomic E-state index is 0.155. The molecule has 2 aromatic heterocycles. The number of ether oxygens (including phenoxy) is 1. The third-order valence-electron chi connectivity index (χ3n) is 4.81. The normalized spacial score (nSPS) is 10.9. The highest BCUT2D eigenvalue weighted by Gasteiger charge is 2.12. The molecule has 4 rings (SSSR count). The van der Waals surface area contributed by atoms with Gasteiger partial charge in [0.1, 0.15) is 11.4 Å². The number of benzene rings is 2. The Labute approximate surface area is 190 Å². The van der Waals surface area contributed by atoms with Crippen LogP contribution in [0.25, 0.3) is 10.9 Å². The van der Waals surface area contributed by atoms with E-state index in [0.717, 1.165) is 17.4 Å². The number of amides is 2. The molecule has 2 heterocycles. The van der Waals surface area contributed by atoms with Gasteiger partial charge in [0.2, 0.25) is 0 Å². The number of anilines is 1. The van der Waals surface area contributed by atoms with Crippen LogP contribution in [0.3, 0.4) is 0 Å². The number of nitrogens with one attached hydrogen (secondary N) is 3. The van der Waals surface area contributed by atoms with Crippen LogP contribution in [0.15, 0.2) is 67.0 Å². The third-order valence-corrected chi connectivity index (χ3v) is 4.81. The van der Waals surface area contributed by atoms with Crippen LogP contribution in [-0.4, -0.2) is 58.9 Å². The Kier molecular flexibility index (Phi) is 6.61. The highest BCUT2D eigenvalue weighted by molar-refractivity contribution is 6.05. The lowest BCUT2D eigenvalue weighted by Crippen LogP contribution is -2.31. The van der Waals surface area contributed by atoms with E-state index in [2.05, 4.69) is 25.6 Å². The Hall–Kier alpha value is -4.24. The summed E-state index contributed by atoms with van der Waals surface area (Å²) in [6.45, 7) is 1.31. The molecule has 0 fully saturated rings. The Morgan fingerprint density at radius 1 is 1.00 bits per heavy atom. The molecule has 0 aliphatic rings. The van der Waals surface area contributed by atoms with Crippen LogP contribution in [-0.2, 0) is 0 Å². The van der Waals surface area contributed by atoms with Crippen LogP contribution in [0.1, 0.15) is 20.8 Å². The lowest BCUT2D eigenvalue weighted by atomic mass is 10.2. The smallest absolute Gasteiger partial charge is 0.321 e. The molecule has 2 aromatic carbocycles. The first-order valence-electron chi connectivity index (χ1n) is 10.4. The van der Waals surface area contributed by atoms with Crippen LogP contribution >= 0.6 is 0 Å². The quantitative estimate of drug-likeness (QED) is 0.384. The Bertz CT molecular complexity index is 1250. The molecule has 33 heavy (non-hydrogen) atoms. The Morgan fingerprint density at radius 3 is 2.48 bits per heavy atom. The number of hydrogen-bond acceptors (Lipinski definition) is 6. The van der Waals surface area contributed by atoms with Crippen LogP contribution in [0, 0.1) is 0 Å².